The summed E-state index contributed by atoms with van der Waals surface area (Å²) in [6.45, 7) is 4.76. The Morgan fingerprint density at radius 2 is 1.14 bits per heavy atom. The maximum Gasteiger partial charge on any atom is 0.325 e. The molecule has 0 saturated carbocycles. The summed E-state index contributed by atoms with van der Waals surface area (Å²) in [5, 5.41) is 34.1. The van der Waals surface area contributed by atoms with E-state index in [2.05, 4.69) is 5.32 Å². The summed E-state index contributed by atoms with van der Waals surface area (Å²) in [5.74, 6) is 0. The molecule has 0 fully saturated rings. The van der Waals surface area contributed by atoms with Gasteiger partial charge in [-0.25, -0.2) is 0 Å². The Labute approximate surface area is 133 Å². The van der Waals surface area contributed by atoms with Gasteiger partial charge in [0.05, 0.1) is 14.8 Å². The number of hydrogen-bond donors (Lipinski definition) is 1. The van der Waals surface area contributed by atoms with Crippen LogP contribution in [0.5, 0.6) is 0 Å². The Hall–Kier alpha value is -2.20. The normalized spacial score (nSPS) is 11.1. The standard InChI is InChI=1S/C10H10Cl2N4O6/c1-10(2,3)13-6-8(15(19)20)4(11)7(14(17)18)5(12)9(6)16(21)22/h13H,1-3H3. The van der Waals surface area contributed by atoms with Gasteiger partial charge < -0.3 is 5.32 Å². The maximum absolute atomic E-state index is 11.2. The van der Waals surface area contributed by atoms with Crippen molar-refractivity contribution in [3.05, 3.63) is 40.4 Å². The Kier molecular flexibility index (Phi) is 4.78. The van der Waals surface area contributed by atoms with Crippen LogP contribution in [0.1, 0.15) is 20.8 Å². The monoisotopic (exact) mass is 352 g/mol. The molecule has 0 bridgehead atoms. The Bertz CT molecular complexity index is 644. The predicted molar refractivity (Wildman–Crippen MR) is 79.8 cm³/mol. The van der Waals surface area contributed by atoms with E-state index < -0.39 is 53.1 Å². The van der Waals surface area contributed by atoms with Crippen LogP contribution in [0.2, 0.25) is 10.0 Å². The number of rotatable bonds is 4. The summed E-state index contributed by atoms with van der Waals surface area (Å²) in [7, 11) is 0. The minimum Gasteiger partial charge on any atom is -0.369 e. The molecular weight excluding hydrogens is 343 g/mol. The average Bonchev–Trinajstić information content (AvgIpc) is 2.23. The fraction of sp³-hybridized carbons (Fsp3) is 0.400. The molecule has 0 radical (unpaired) electrons. The molecule has 1 rings (SSSR count). The highest BCUT2D eigenvalue weighted by atomic mass is 35.5. The van der Waals surface area contributed by atoms with E-state index in [-0.39, 0.29) is 0 Å². The topological polar surface area (TPSA) is 141 Å². The molecule has 1 N–H and O–H groups in total. The first-order chi connectivity index (χ1) is 9.88. The van der Waals surface area contributed by atoms with Crippen LogP contribution in [-0.4, -0.2) is 20.3 Å². The molecule has 12 heteroatoms. The second-order valence-electron chi connectivity index (χ2n) is 5.20. The van der Waals surface area contributed by atoms with Gasteiger partial charge in [-0.1, -0.05) is 23.2 Å². The van der Waals surface area contributed by atoms with E-state index in [4.69, 9.17) is 23.2 Å². The highest BCUT2D eigenvalue weighted by molar-refractivity contribution is 6.42. The van der Waals surface area contributed by atoms with E-state index in [1.54, 1.807) is 20.8 Å². The molecule has 10 nitrogen and oxygen atoms in total. The minimum atomic E-state index is -1.11. The van der Waals surface area contributed by atoms with Crippen LogP contribution < -0.4 is 5.32 Å². The minimum absolute atomic E-state index is 0.580. The SMILES string of the molecule is CC(C)(C)Nc1c([N+](=O)[O-])c(Cl)c([N+](=O)[O-])c(Cl)c1[N+](=O)[O-]. The second kappa shape index (κ2) is 5.89. The average molecular weight is 353 g/mol. The molecule has 1 aromatic carbocycles. The molecule has 0 aliphatic rings. The quantitative estimate of drug-likeness (QED) is 0.638. The molecule has 0 atom stereocenters. The molecule has 0 spiro atoms. The lowest BCUT2D eigenvalue weighted by Crippen LogP contribution is -2.27. The summed E-state index contributed by atoms with van der Waals surface area (Å²) in [4.78, 5) is 30.1. The van der Waals surface area contributed by atoms with Crippen molar-refractivity contribution in [2.75, 3.05) is 5.32 Å². The van der Waals surface area contributed by atoms with E-state index in [9.17, 15) is 30.3 Å². The van der Waals surface area contributed by atoms with Crippen molar-refractivity contribution in [1.82, 2.24) is 0 Å². The van der Waals surface area contributed by atoms with Crippen molar-refractivity contribution in [2.45, 2.75) is 26.3 Å². The lowest BCUT2D eigenvalue weighted by Gasteiger charge is -2.22. The van der Waals surface area contributed by atoms with Gasteiger partial charge in [0, 0.05) is 5.54 Å². The van der Waals surface area contributed by atoms with E-state index in [1.807, 2.05) is 0 Å². The van der Waals surface area contributed by atoms with Crippen molar-refractivity contribution in [3.8, 4) is 0 Å². The first kappa shape index (κ1) is 17.9. The van der Waals surface area contributed by atoms with Gasteiger partial charge in [-0.15, -0.1) is 0 Å². The van der Waals surface area contributed by atoms with Gasteiger partial charge in [0.15, 0.2) is 5.69 Å². The predicted octanol–water partition coefficient (Wildman–Crippen LogP) is 3.93. The summed E-state index contributed by atoms with van der Waals surface area (Å²) in [6, 6.07) is 0. The first-order valence-electron chi connectivity index (χ1n) is 5.64. The van der Waals surface area contributed by atoms with Crippen LogP contribution in [0, 0.1) is 30.3 Å². The molecule has 0 aromatic heterocycles. The number of benzene rings is 1. The van der Waals surface area contributed by atoms with Crippen LogP contribution in [0.15, 0.2) is 0 Å². The Balaban J connectivity index is 3.98. The van der Waals surface area contributed by atoms with Gasteiger partial charge in [0.2, 0.25) is 10.0 Å². The van der Waals surface area contributed by atoms with Crippen molar-refractivity contribution in [3.63, 3.8) is 0 Å². The Morgan fingerprint density at radius 3 is 1.36 bits per heavy atom. The van der Waals surface area contributed by atoms with Gasteiger partial charge in [-0.3, -0.25) is 30.3 Å². The molecular formula is C10H10Cl2N4O6. The third-order valence-electron chi connectivity index (χ3n) is 2.35. The summed E-state index contributed by atoms with van der Waals surface area (Å²) in [5.41, 5.74) is -4.43. The zero-order valence-electron chi connectivity index (χ0n) is 11.5. The maximum atomic E-state index is 11.2. The fourth-order valence-electron chi connectivity index (χ4n) is 1.65. The molecule has 1 aromatic rings. The number of halogens is 2. The number of nitro benzene ring substituents is 3. The van der Waals surface area contributed by atoms with Crippen LogP contribution in [-0.2, 0) is 0 Å². The third kappa shape index (κ3) is 3.34. The summed E-state index contributed by atoms with van der Waals surface area (Å²) in [6.07, 6.45) is 0. The van der Waals surface area contributed by atoms with Gasteiger partial charge >= 0.3 is 17.1 Å². The van der Waals surface area contributed by atoms with Crippen molar-refractivity contribution in [1.29, 1.82) is 0 Å². The van der Waals surface area contributed by atoms with E-state index in [0.717, 1.165) is 0 Å². The number of anilines is 1. The van der Waals surface area contributed by atoms with Gasteiger partial charge in [0.25, 0.3) is 0 Å². The zero-order valence-corrected chi connectivity index (χ0v) is 13.1. The van der Waals surface area contributed by atoms with Gasteiger partial charge in [-0.05, 0) is 20.8 Å². The lowest BCUT2D eigenvalue weighted by molar-refractivity contribution is -0.401. The van der Waals surface area contributed by atoms with Crippen LogP contribution >= 0.6 is 23.2 Å². The van der Waals surface area contributed by atoms with Crippen LogP contribution in [0.4, 0.5) is 22.7 Å². The Morgan fingerprint density at radius 1 is 0.818 bits per heavy atom. The third-order valence-corrected chi connectivity index (χ3v) is 3.07. The number of nitrogens with one attached hydrogen (secondary N) is 1. The molecule has 0 saturated heterocycles. The van der Waals surface area contributed by atoms with Crippen molar-refractivity contribution >= 4 is 46.0 Å². The van der Waals surface area contributed by atoms with Crippen LogP contribution in [0.3, 0.4) is 0 Å². The van der Waals surface area contributed by atoms with E-state index >= 15 is 0 Å². The van der Waals surface area contributed by atoms with Crippen molar-refractivity contribution < 1.29 is 14.8 Å². The molecule has 120 valence electrons. The summed E-state index contributed by atoms with van der Waals surface area (Å²) >= 11 is 11.4. The van der Waals surface area contributed by atoms with Crippen LogP contribution in [0.25, 0.3) is 0 Å². The molecule has 0 unspecified atom stereocenters. The smallest absolute Gasteiger partial charge is 0.325 e. The second-order valence-corrected chi connectivity index (χ2v) is 5.95. The molecule has 0 amide bonds. The lowest BCUT2D eigenvalue weighted by atomic mass is 10.1. The van der Waals surface area contributed by atoms with Gasteiger partial charge in [-0.2, -0.15) is 0 Å². The van der Waals surface area contributed by atoms with Gasteiger partial charge in [0.1, 0.15) is 0 Å². The largest absolute Gasteiger partial charge is 0.369 e. The van der Waals surface area contributed by atoms with Crippen molar-refractivity contribution in [2.24, 2.45) is 0 Å². The zero-order chi connectivity index (χ0) is 17.4. The first-order valence-corrected chi connectivity index (χ1v) is 6.40. The van der Waals surface area contributed by atoms with E-state index in [1.165, 1.54) is 0 Å². The number of nitrogens with zero attached hydrogens (tertiary/aromatic N) is 3. The van der Waals surface area contributed by atoms with E-state index in [0.29, 0.717) is 0 Å². The molecule has 0 aliphatic heterocycles. The summed E-state index contributed by atoms with van der Waals surface area (Å²) < 4.78 is 0. The fourth-order valence-corrected chi connectivity index (χ4v) is 2.35. The molecule has 22 heavy (non-hydrogen) atoms. The number of hydrogen-bond acceptors (Lipinski definition) is 7. The molecule has 0 aliphatic carbocycles. The highest BCUT2D eigenvalue weighted by Gasteiger charge is 2.42. The highest BCUT2D eigenvalue weighted by Crippen LogP contribution is 2.51. The number of nitro groups is 3. The molecule has 0 heterocycles.